The molecule has 3 nitrogen and oxygen atoms in total. The van der Waals surface area contributed by atoms with Crippen LogP contribution < -0.4 is 5.32 Å². The lowest BCUT2D eigenvalue weighted by molar-refractivity contribution is 0.199. The number of hydrogen-bond donors (Lipinski definition) is 1. The first-order valence-electron chi connectivity index (χ1n) is 5.36. The normalized spacial score (nSPS) is 10.9. The summed E-state index contributed by atoms with van der Waals surface area (Å²) in [7, 11) is 1.73. The van der Waals surface area contributed by atoms with Gasteiger partial charge < -0.3 is 10.1 Å². The van der Waals surface area contributed by atoms with Crippen LogP contribution in [0, 0.1) is 13.8 Å². The molecule has 0 unspecified atom stereocenters. The first kappa shape index (κ1) is 12.6. The number of thiazole rings is 1. The van der Waals surface area contributed by atoms with Crippen molar-refractivity contribution >= 4 is 11.3 Å². The van der Waals surface area contributed by atoms with Crippen molar-refractivity contribution in [3.63, 3.8) is 0 Å². The zero-order chi connectivity index (χ0) is 11.1. The van der Waals surface area contributed by atoms with Crippen molar-refractivity contribution < 1.29 is 4.74 Å². The molecule has 0 bridgehead atoms. The van der Waals surface area contributed by atoms with E-state index in [-0.39, 0.29) is 0 Å². The van der Waals surface area contributed by atoms with Gasteiger partial charge in [-0.25, -0.2) is 4.98 Å². The second-order valence-electron chi connectivity index (χ2n) is 3.60. The van der Waals surface area contributed by atoms with Crippen LogP contribution in [0.5, 0.6) is 0 Å². The van der Waals surface area contributed by atoms with Crippen molar-refractivity contribution in [1.29, 1.82) is 0 Å². The maximum atomic E-state index is 4.95. The minimum Gasteiger partial charge on any atom is -0.383 e. The number of aryl methyl sites for hydroxylation is 3. The molecule has 0 amide bonds. The lowest BCUT2D eigenvalue weighted by Gasteiger charge is -2.02. The van der Waals surface area contributed by atoms with E-state index in [9.17, 15) is 0 Å². The summed E-state index contributed by atoms with van der Waals surface area (Å²) in [4.78, 5) is 5.85. The van der Waals surface area contributed by atoms with Crippen molar-refractivity contribution in [3.05, 3.63) is 15.6 Å². The fourth-order valence-corrected chi connectivity index (χ4v) is 2.29. The van der Waals surface area contributed by atoms with Gasteiger partial charge in [0, 0.05) is 25.0 Å². The van der Waals surface area contributed by atoms with Crippen LogP contribution in [0.25, 0.3) is 0 Å². The first-order chi connectivity index (χ1) is 7.24. The number of aromatic nitrogens is 1. The fourth-order valence-electron chi connectivity index (χ4n) is 1.31. The zero-order valence-corrected chi connectivity index (χ0v) is 10.6. The topological polar surface area (TPSA) is 34.1 Å². The molecule has 0 aliphatic heterocycles. The Labute approximate surface area is 95.9 Å². The van der Waals surface area contributed by atoms with E-state index in [1.54, 1.807) is 7.11 Å². The highest BCUT2D eigenvalue weighted by atomic mass is 32.1. The van der Waals surface area contributed by atoms with Crippen LogP contribution in [-0.2, 0) is 11.2 Å². The Bertz CT molecular complexity index is 267. The van der Waals surface area contributed by atoms with Gasteiger partial charge in [0.25, 0.3) is 0 Å². The number of nitrogens with zero attached hydrogens (tertiary/aromatic N) is 1. The molecule has 0 fully saturated rings. The molecule has 0 aliphatic rings. The Hall–Kier alpha value is -0.450. The molecule has 0 aliphatic carbocycles. The molecule has 86 valence electrons. The molecule has 1 aromatic heterocycles. The van der Waals surface area contributed by atoms with E-state index in [2.05, 4.69) is 24.1 Å². The molecule has 0 spiro atoms. The summed E-state index contributed by atoms with van der Waals surface area (Å²) in [5.41, 5.74) is 1.18. The van der Waals surface area contributed by atoms with Gasteiger partial charge in [-0.1, -0.05) is 0 Å². The number of hydrogen-bond acceptors (Lipinski definition) is 4. The van der Waals surface area contributed by atoms with Crippen LogP contribution in [0.2, 0.25) is 0 Å². The molecule has 4 heteroatoms. The lowest BCUT2D eigenvalue weighted by Crippen LogP contribution is -2.20. The highest BCUT2D eigenvalue weighted by Crippen LogP contribution is 2.17. The average Bonchev–Trinajstić information content (AvgIpc) is 2.52. The summed E-state index contributed by atoms with van der Waals surface area (Å²) in [6.07, 6.45) is 2.23. The smallest absolute Gasteiger partial charge is 0.0931 e. The highest BCUT2D eigenvalue weighted by Gasteiger charge is 2.02. The Kier molecular flexibility index (Phi) is 5.83. The number of nitrogens with one attached hydrogen (secondary N) is 1. The summed E-state index contributed by atoms with van der Waals surface area (Å²) >= 11 is 1.82. The summed E-state index contributed by atoms with van der Waals surface area (Å²) in [6, 6.07) is 0. The van der Waals surface area contributed by atoms with E-state index in [4.69, 9.17) is 4.74 Å². The lowest BCUT2D eigenvalue weighted by atomic mass is 10.3. The molecule has 15 heavy (non-hydrogen) atoms. The van der Waals surface area contributed by atoms with Crippen molar-refractivity contribution in [2.75, 3.05) is 26.8 Å². The van der Waals surface area contributed by atoms with Crippen LogP contribution in [-0.4, -0.2) is 31.8 Å². The Morgan fingerprint density at radius 1 is 1.33 bits per heavy atom. The first-order valence-corrected chi connectivity index (χ1v) is 6.18. The minimum absolute atomic E-state index is 0.787. The van der Waals surface area contributed by atoms with Gasteiger partial charge in [0.2, 0.25) is 0 Å². The van der Waals surface area contributed by atoms with Crippen LogP contribution in [0.3, 0.4) is 0 Å². The maximum Gasteiger partial charge on any atom is 0.0931 e. The number of ether oxygens (including phenoxy) is 1. The largest absolute Gasteiger partial charge is 0.383 e. The molecular weight excluding hydrogens is 208 g/mol. The molecule has 1 heterocycles. The van der Waals surface area contributed by atoms with E-state index in [1.807, 2.05) is 11.3 Å². The Balaban J connectivity index is 2.10. The molecule has 1 N–H and O–H groups in total. The van der Waals surface area contributed by atoms with Gasteiger partial charge in [-0.15, -0.1) is 11.3 Å². The predicted molar refractivity (Wildman–Crippen MR) is 64.7 cm³/mol. The monoisotopic (exact) mass is 228 g/mol. The summed E-state index contributed by atoms with van der Waals surface area (Å²) < 4.78 is 4.95. The van der Waals surface area contributed by atoms with Crippen molar-refractivity contribution in [1.82, 2.24) is 10.3 Å². The number of methoxy groups -OCH3 is 1. The minimum atomic E-state index is 0.787. The molecule has 0 aromatic carbocycles. The molecule has 1 rings (SSSR count). The van der Waals surface area contributed by atoms with Crippen LogP contribution in [0.1, 0.15) is 22.0 Å². The Morgan fingerprint density at radius 3 is 2.73 bits per heavy atom. The summed E-state index contributed by atoms with van der Waals surface area (Å²) in [5.74, 6) is 0. The molecule has 1 aromatic rings. The SMILES string of the molecule is COCCNCCCc1nc(C)c(C)s1. The van der Waals surface area contributed by atoms with Gasteiger partial charge in [-0.05, 0) is 26.8 Å². The molecule has 0 saturated heterocycles. The van der Waals surface area contributed by atoms with E-state index >= 15 is 0 Å². The van der Waals surface area contributed by atoms with Gasteiger partial charge in [0.05, 0.1) is 17.3 Å². The maximum absolute atomic E-state index is 4.95. The Morgan fingerprint density at radius 2 is 2.13 bits per heavy atom. The second-order valence-corrected chi connectivity index (χ2v) is 4.88. The van der Waals surface area contributed by atoms with E-state index in [0.29, 0.717) is 0 Å². The quantitative estimate of drug-likeness (QED) is 0.724. The molecule has 0 radical (unpaired) electrons. The van der Waals surface area contributed by atoms with Gasteiger partial charge in [0.15, 0.2) is 0 Å². The third-order valence-corrected chi connectivity index (χ3v) is 3.43. The van der Waals surface area contributed by atoms with Crippen molar-refractivity contribution in [2.24, 2.45) is 0 Å². The molecule has 0 atom stereocenters. The van der Waals surface area contributed by atoms with Crippen LogP contribution in [0.15, 0.2) is 0 Å². The molecule has 0 saturated carbocycles. The second kappa shape index (κ2) is 6.93. The van der Waals surface area contributed by atoms with Gasteiger partial charge in [0.1, 0.15) is 0 Å². The summed E-state index contributed by atoms with van der Waals surface area (Å²) in [6.45, 7) is 6.97. The highest BCUT2D eigenvalue weighted by molar-refractivity contribution is 7.11. The van der Waals surface area contributed by atoms with E-state index < -0.39 is 0 Å². The van der Waals surface area contributed by atoms with Gasteiger partial charge in [-0.2, -0.15) is 0 Å². The summed E-state index contributed by atoms with van der Waals surface area (Å²) in [5, 5.41) is 4.59. The standard InChI is InChI=1S/C11H20N2OS/c1-9-10(2)15-11(13-9)5-4-6-12-7-8-14-3/h12H,4-8H2,1-3H3. The van der Waals surface area contributed by atoms with Crippen molar-refractivity contribution in [3.8, 4) is 0 Å². The number of rotatable bonds is 7. The van der Waals surface area contributed by atoms with Crippen molar-refractivity contribution in [2.45, 2.75) is 26.7 Å². The average molecular weight is 228 g/mol. The van der Waals surface area contributed by atoms with Gasteiger partial charge >= 0.3 is 0 Å². The zero-order valence-electron chi connectivity index (χ0n) is 9.80. The molecular formula is C11H20N2OS. The van der Waals surface area contributed by atoms with E-state index in [1.165, 1.54) is 15.6 Å². The third kappa shape index (κ3) is 4.73. The third-order valence-electron chi connectivity index (χ3n) is 2.30. The predicted octanol–water partition coefficient (Wildman–Crippen LogP) is 1.93. The fraction of sp³-hybridized carbons (Fsp3) is 0.727. The van der Waals surface area contributed by atoms with E-state index in [0.717, 1.165) is 32.5 Å². The van der Waals surface area contributed by atoms with Gasteiger partial charge in [-0.3, -0.25) is 0 Å². The van der Waals surface area contributed by atoms with Crippen LogP contribution >= 0.6 is 11.3 Å². The van der Waals surface area contributed by atoms with Crippen LogP contribution in [0.4, 0.5) is 0 Å².